The molecule has 1 heterocycles. The molecule has 0 aromatic carbocycles. The number of nitrogens with zero attached hydrogens (tertiary/aromatic N) is 2. The Labute approximate surface area is 83.5 Å². The number of ether oxygens (including phenoxy) is 1. The van der Waals surface area contributed by atoms with Gasteiger partial charge < -0.3 is 10.1 Å². The molecule has 74 valence electrons. The highest BCUT2D eigenvalue weighted by Gasteiger charge is 1.99. The molecular weight excluding hydrogens is 178 g/mol. The Bertz CT molecular complexity index is 319. The zero-order chi connectivity index (χ0) is 10.2. The van der Waals surface area contributed by atoms with Crippen LogP contribution in [0.1, 0.15) is 12.1 Å². The summed E-state index contributed by atoms with van der Waals surface area (Å²) in [6.07, 6.45) is 2.52. The minimum Gasteiger partial charge on any atom is -0.385 e. The third kappa shape index (κ3) is 3.04. The van der Waals surface area contributed by atoms with E-state index in [1.807, 2.05) is 12.1 Å². The number of nitriles is 1. The van der Waals surface area contributed by atoms with Crippen molar-refractivity contribution in [2.24, 2.45) is 0 Å². The Hall–Kier alpha value is -1.60. The molecule has 0 saturated heterocycles. The summed E-state index contributed by atoms with van der Waals surface area (Å²) in [5.41, 5.74) is 1.22. The summed E-state index contributed by atoms with van der Waals surface area (Å²) in [6.45, 7) is 1.50. The third-order valence-corrected chi connectivity index (χ3v) is 1.75. The van der Waals surface area contributed by atoms with Crippen molar-refractivity contribution in [2.45, 2.75) is 6.42 Å². The highest BCUT2D eigenvalue weighted by molar-refractivity contribution is 5.53. The molecule has 0 atom stereocenters. The number of rotatable bonds is 5. The van der Waals surface area contributed by atoms with Gasteiger partial charge in [0.2, 0.25) is 0 Å². The van der Waals surface area contributed by atoms with Crippen molar-refractivity contribution in [3.8, 4) is 6.07 Å². The lowest BCUT2D eigenvalue weighted by Crippen LogP contribution is -2.06. The Morgan fingerprint density at radius 2 is 2.50 bits per heavy atom. The summed E-state index contributed by atoms with van der Waals surface area (Å²) in [5, 5.41) is 11.9. The smallest absolute Gasteiger partial charge is 0.163 e. The van der Waals surface area contributed by atoms with Gasteiger partial charge in [0, 0.05) is 26.5 Å². The van der Waals surface area contributed by atoms with Crippen molar-refractivity contribution in [1.29, 1.82) is 5.26 Å². The van der Waals surface area contributed by atoms with Crippen LogP contribution in [0.3, 0.4) is 0 Å². The first-order valence-electron chi connectivity index (χ1n) is 4.46. The maximum atomic E-state index is 8.74. The minimum atomic E-state index is 0.435. The number of hydrogen-bond donors (Lipinski definition) is 1. The summed E-state index contributed by atoms with van der Waals surface area (Å²) in [6, 6.07) is 5.68. The largest absolute Gasteiger partial charge is 0.385 e. The number of anilines is 1. The summed E-state index contributed by atoms with van der Waals surface area (Å²) < 4.78 is 4.92. The fourth-order valence-corrected chi connectivity index (χ4v) is 1.08. The Kier molecular flexibility index (Phi) is 4.45. The van der Waals surface area contributed by atoms with E-state index in [9.17, 15) is 0 Å². The highest BCUT2D eigenvalue weighted by atomic mass is 16.5. The molecule has 1 rings (SSSR count). The topological polar surface area (TPSA) is 57.9 Å². The molecule has 1 N–H and O–H groups in total. The van der Waals surface area contributed by atoms with Crippen LogP contribution in [0, 0.1) is 11.3 Å². The fourth-order valence-electron chi connectivity index (χ4n) is 1.08. The summed E-state index contributed by atoms with van der Waals surface area (Å²) in [5.74, 6) is 0. The van der Waals surface area contributed by atoms with E-state index in [1.165, 1.54) is 0 Å². The Morgan fingerprint density at radius 1 is 1.64 bits per heavy atom. The quantitative estimate of drug-likeness (QED) is 0.715. The predicted molar refractivity (Wildman–Crippen MR) is 53.9 cm³/mol. The van der Waals surface area contributed by atoms with Crippen LogP contribution >= 0.6 is 0 Å². The average Bonchev–Trinajstić information content (AvgIpc) is 2.25. The van der Waals surface area contributed by atoms with E-state index < -0.39 is 0 Å². The van der Waals surface area contributed by atoms with Crippen LogP contribution in [0.25, 0.3) is 0 Å². The number of nitrogens with one attached hydrogen (secondary N) is 1. The van der Waals surface area contributed by atoms with E-state index >= 15 is 0 Å². The highest BCUT2D eigenvalue weighted by Crippen LogP contribution is 2.09. The van der Waals surface area contributed by atoms with E-state index in [2.05, 4.69) is 10.3 Å². The van der Waals surface area contributed by atoms with Gasteiger partial charge >= 0.3 is 0 Å². The van der Waals surface area contributed by atoms with Crippen molar-refractivity contribution in [3.05, 3.63) is 24.0 Å². The summed E-state index contributed by atoms with van der Waals surface area (Å²) >= 11 is 0. The molecule has 0 saturated carbocycles. The first-order valence-corrected chi connectivity index (χ1v) is 4.46. The standard InChI is InChI=1S/C10H13N3O/c1-14-7-3-6-12-9-4-2-5-13-10(9)8-11/h2,4-5,12H,3,6-7H2,1H3. The monoisotopic (exact) mass is 191 g/mol. The van der Waals surface area contributed by atoms with Crippen molar-refractivity contribution < 1.29 is 4.74 Å². The molecule has 1 aromatic rings. The van der Waals surface area contributed by atoms with Gasteiger partial charge in [0.1, 0.15) is 6.07 Å². The van der Waals surface area contributed by atoms with Crippen LogP contribution in [-0.2, 0) is 4.74 Å². The van der Waals surface area contributed by atoms with Crippen LogP contribution < -0.4 is 5.32 Å². The zero-order valence-corrected chi connectivity index (χ0v) is 8.16. The van der Waals surface area contributed by atoms with Gasteiger partial charge in [0.25, 0.3) is 0 Å². The lowest BCUT2D eigenvalue weighted by molar-refractivity contribution is 0.198. The molecule has 0 aliphatic heterocycles. The van der Waals surface area contributed by atoms with Crippen LogP contribution in [0.5, 0.6) is 0 Å². The Morgan fingerprint density at radius 3 is 3.21 bits per heavy atom. The maximum Gasteiger partial charge on any atom is 0.163 e. The third-order valence-electron chi connectivity index (χ3n) is 1.75. The molecular formula is C10H13N3O. The van der Waals surface area contributed by atoms with Crippen molar-refractivity contribution in [1.82, 2.24) is 4.98 Å². The Balaban J connectivity index is 2.46. The zero-order valence-electron chi connectivity index (χ0n) is 8.16. The van der Waals surface area contributed by atoms with Gasteiger partial charge in [0.15, 0.2) is 5.69 Å². The maximum absolute atomic E-state index is 8.74. The average molecular weight is 191 g/mol. The SMILES string of the molecule is COCCCNc1cccnc1C#N. The molecule has 0 aliphatic rings. The molecule has 0 amide bonds. The van der Waals surface area contributed by atoms with Crippen molar-refractivity contribution in [2.75, 3.05) is 25.6 Å². The van der Waals surface area contributed by atoms with Gasteiger partial charge in [-0.05, 0) is 18.6 Å². The van der Waals surface area contributed by atoms with Crippen LogP contribution in [0.4, 0.5) is 5.69 Å². The molecule has 0 radical (unpaired) electrons. The van der Waals surface area contributed by atoms with E-state index in [4.69, 9.17) is 10.00 Å². The van der Waals surface area contributed by atoms with Crippen LogP contribution in [-0.4, -0.2) is 25.2 Å². The van der Waals surface area contributed by atoms with Crippen LogP contribution in [0.15, 0.2) is 18.3 Å². The van der Waals surface area contributed by atoms with Crippen molar-refractivity contribution >= 4 is 5.69 Å². The van der Waals surface area contributed by atoms with Gasteiger partial charge in [0.05, 0.1) is 5.69 Å². The van der Waals surface area contributed by atoms with E-state index in [0.717, 1.165) is 25.3 Å². The molecule has 4 nitrogen and oxygen atoms in total. The number of hydrogen-bond acceptors (Lipinski definition) is 4. The van der Waals surface area contributed by atoms with E-state index in [1.54, 1.807) is 19.4 Å². The minimum absolute atomic E-state index is 0.435. The number of methoxy groups -OCH3 is 1. The summed E-state index contributed by atoms with van der Waals surface area (Å²) in [4.78, 5) is 3.94. The molecule has 0 aliphatic carbocycles. The normalized spacial score (nSPS) is 9.43. The molecule has 0 spiro atoms. The molecule has 14 heavy (non-hydrogen) atoms. The van der Waals surface area contributed by atoms with Gasteiger partial charge in [-0.25, -0.2) is 4.98 Å². The van der Waals surface area contributed by atoms with E-state index in [0.29, 0.717) is 5.69 Å². The lowest BCUT2D eigenvalue weighted by atomic mass is 10.3. The van der Waals surface area contributed by atoms with Gasteiger partial charge in [-0.1, -0.05) is 0 Å². The van der Waals surface area contributed by atoms with E-state index in [-0.39, 0.29) is 0 Å². The molecule has 0 unspecified atom stereocenters. The van der Waals surface area contributed by atoms with Gasteiger partial charge in [-0.3, -0.25) is 0 Å². The van der Waals surface area contributed by atoms with Gasteiger partial charge in [-0.2, -0.15) is 5.26 Å². The second kappa shape index (κ2) is 5.95. The first-order chi connectivity index (χ1) is 6.88. The van der Waals surface area contributed by atoms with Crippen LogP contribution in [0.2, 0.25) is 0 Å². The number of pyridine rings is 1. The second-order valence-electron chi connectivity index (χ2n) is 2.78. The molecule has 0 fully saturated rings. The predicted octanol–water partition coefficient (Wildman–Crippen LogP) is 1.40. The van der Waals surface area contributed by atoms with Gasteiger partial charge in [-0.15, -0.1) is 0 Å². The summed E-state index contributed by atoms with van der Waals surface area (Å²) in [7, 11) is 1.67. The van der Waals surface area contributed by atoms with Crippen molar-refractivity contribution in [3.63, 3.8) is 0 Å². The molecule has 0 bridgehead atoms. The first kappa shape index (κ1) is 10.5. The molecule has 1 aromatic heterocycles. The fraction of sp³-hybridized carbons (Fsp3) is 0.400. The lowest BCUT2D eigenvalue weighted by Gasteiger charge is -2.06. The second-order valence-corrected chi connectivity index (χ2v) is 2.78. The number of aromatic nitrogens is 1. The molecule has 4 heteroatoms.